The molecule has 0 aliphatic heterocycles. The molecule has 6 rings (SSSR count). The maximum absolute atomic E-state index is 9.13. The molecule has 3 heterocycles. The second kappa shape index (κ2) is 7.98. The quantitative estimate of drug-likeness (QED) is 0.284. The van der Waals surface area contributed by atoms with Gasteiger partial charge in [-0.2, -0.15) is 5.26 Å². The average molecular weight is 440 g/mol. The molecule has 0 radical (unpaired) electrons. The predicted molar refractivity (Wildman–Crippen MR) is 136 cm³/mol. The second-order valence-electron chi connectivity index (χ2n) is 7.86. The van der Waals surface area contributed by atoms with Gasteiger partial charge in [0.15, 0.2) is 0 Å². The zero-order valence-electron chi connectivity index (χ0n) is 17.6. The van der Waals surface area contributed by atoms with Gasteiger partial charge in [-0.05, 0) is 59.2 Å². The van der Waals surface area contributed by atoms with Crippen LogP contribution in [-0.2, 0) is 0 Å². The van der Waals surface area contributed by atoms with Crippen LogP contribution in [0.25, 0.3) is 53.8 Å². The van der Waals surface area contributed by atoms with Gasteiger partial charge in [0, 0.05) is 38.1 Å². The minimum atomic E-state index is 0.579. The highest BCUT2D eigenvalue weighted by molar-refractivity contribution is 7.25. The van der Waals surface area contributed by atoms with E-state index < -0.39 is 0 Å². The molecule has 154 valence electrons. The molecule has 0 aliphatic carbocycles. The van der Waals surface area contributed by atoms with Crippen molar-refractivity contribution in [3.63, 3.8) is 0 Å². The number of pyridine rings is 2. The number of hydrogen-bond donors (Lipinski definition) is 0. The van der Waals surface area contributed by atoms with Crippen molar-refractivity contribution in [2.24, 2.45) is 0 Å². The average Bonchev–Trinajstić information content (AvgIpc) is 3.26. The summed E-state index contributed by atoms with van der Waals surface area (Å²) in [6.45, 7) is 0. The summed E-state index contributed by atoms with van der Waals surface area (Å²) in [5, 5.41) is 11.7. The van der Waals surface area contributed by atoms with Crippen LogP contribution in [0, 0.1) is 11.3 Å². The first-order valence-electron chi connectivity index (χ1n) is 10.6. The number of fused-ring (bicyclic) bond motifs is 3. The largest absolute Gasteiger partial charge is 0.255 e. The van der Waals surface area contributed by atoms with Crippen molar-refractivity contribution >= 4 is 31.5 Å². The van der Waals surface area contributed by atoms with Gasteiger partial charge < -0.3 is 0 Å². The zero-order valence-corrected chi connectivity index (χ0v) is 18.4. The number of nitriles is 1. The fraction of sp³-hybridized carbons (Fsp3) is 0. The van der Waals surface area contributed by atoms with Crippen molar-refractivity contribution in [3.05, 3.63) is 109 Å². The lowest BCUT2D eigenvalue weighted by Crippen LogP contribution is -1.89. The number of rotatable bonds is 3. The van der Waals surface area contributed by atoms with Crippen LogP contribution in [0.2, 0.25) is 0 Å². The van der Waals surface area contributed by atoms with E-state index in [-0.39, 0.29) is 0 Å². The topological polar surface area (TPSA) is 49.6 Å². The number of benzene rings is 3. The molecule has 0 saturated heterocycles. The van der Waals surface area contributed by atoms with Gasteiger partial charge in [0.25, 0.3) is 0 Å². The molecule has 3 aromatic heterocycles. The highest BCUT2D eigenvalue weighted by Gasteiger charge is 2.10. The lowest BCUT2D eigenvalue weighted by Gasteiger charge is -2.05. The molecule has 0 aliphatic rings. The summed E-state index contributed by atoms with van der Waals surface area (Å²) in [7, 11) is 0. The Kier molecular flexibility index (Phi) is 4.68. The lowest BCUT2D eigenvalue weighted by atomic mass is 10.0. The Morgan fingerprint density at radius 2 is 1.30 bits per heavy atom. The highest BCUT2D eigenvalue weighted by Crippen LogP contribution is 2.38. The summed E-state index contributed by atoms with van der Waals surface area (Å²) in [5.41, 5.74) is 6.67. The molecule has 0 spiro atoms. The van der Waals surface area contributed by atoms with Crippen molar-refractivity contribution in [2.45, 2.75) is 0 Å². The molecule has 3 nitrogen and oxygen atoms in total. The summed E-state index contributed by atoms with van der Waals surface area (Å²) in [6, 6.07) is 33.5. The zero-order chi connectivity index (χ0) is 22.2. The molecule has 3 aromatic carbocycles. The number of thiophene rings is 1. The SMILES string of the molecule is N#Cc1ccnc(-c2ccc(-c3ccc4sc5ccc(-c6ccccc6)cc5c4c3)cn2)c1. The normalized spacial score (nSPS) is 11.0. The molecule has 0 bridgehead atoms. The van der Waals surface area contributed by atoms with Gasteiger partial charge >= 0.3 is 0 Å². The van der Waals surface area contributed by atoms with Gasteiger partial charge in [-0.3, -0.25) is 9.97 Å². The fourth-order valence-corrected chi connectivity index (χ4v) is 5.19. The van der Waals surface area contributed by atoms with Crippen molar-refractivity contribution in [1.29, 1.82) is 5.26 Å². The van der Waals surface area contributed by atoms with Crippen molar-refractivity contribution in [3.8, 4) is 39.7 Å². The Bertz CT molecular complexity index is 1660. The molecule has 0 fully saturated rings. The number of aromatic nitrogens is 2. The Hall–Kier alpha value is -4.33. The summed E-state index contributed by atoms with van der Waals surface area (Å²) in [5.74, 6) is 0. The molecule has 0 N–H and O–H groups in total. The van der Waals surface area contributed by atoms with E-state index in [2.05, 4.69) is 82.8 Å². The third-order valence-corrected chi connectivity index (χ3v) is 6.98. The van der Waals surface area contributed by atoms with Crippen molar-refractivity contribution < 1.29 is 0 Å². The van der Waals surface area contributed by atoms with Crippen LogP contribution in [0.15, 0.2) is 103 Å². The van der Waals surface area contributed by atoms with Crippen LogP contribution in [0.1, 0.15) is 5.56 Å². The highest BCUT2D eigenvalue weighted by atomic mass is 32.1. The third-order valence-electron chi connectivity index (χ3n) is 5.82. The molecule has 0 amide bonds. The minimum Gasteiger partial charge on any atom is -0.255 e. The molecule has 0 atom stereocenters. The van der Waals surface area contributed by atoms with E-state index in [0.717, 1.165) is 16.8 Å². The van der Waals surface area contributed by atoms with Crippen LogP contribution in [0.3, 0.4) is 0 Å². The Morgan fingerprint density at radius 1 is 0.606 bits per heavy atom. The first-order valence-corrected chi connectivity index (χ1v) is 11.4. The van der Waals surface area contributed by atoms with Crippen LogP contribution in [-0.4, -0.2) is 9.97 Å². The molecule has 4 heteroatoms. The number of nitrogens with zero attached hydrogens (tertiary/aromatic N) is 3. The maximum Gasteiger partial charge on any atom is 0.0992 e. The van der Waals surface area contributed by atoms with Crippen molar-refractivity contribution in [1.82, 2.24) is 9.97 Å². The van der Waals surface area contributed by atoms with Gasteiger partial charge in [-0.25, -0.2) is 0 Å². The Balaban J connectivity index is 1.41. The van der Waals surface area contributed by atoms with Crippen molar-refractivity contribution in [2.75, 3.05) is 0 Å². The lowest BCUT2D eigenvalue weighted by molar-refractivity contribution is 1.24. The first kappa shape index (κ1) is 19.4. The van der Waals surface area contributed by atoms with Crippen LogP contribution < -0.4 is 0 Å². The predicted octanol–water partition coefficient (Wildman–Crippen LogP) is 7.72. The molecule has 0 saturated carbocycles. The van der Waals surface area contributed by atoms with Gasteiger partial charge in [0.2, 0.25) is 0 Å². The molecule has 33 heavy (non-hydrogen) atoms. The molecule has 0 unspecified atom stereocenters. The van der Waals surface area contributed by atoms with E-state index in [1.165, 1.54) is 31.3 Å². The maximum atomic E-state index is 9.13. The molecular weight excluding hydrogens is 422 g/mol. The van der Waals surface area contributed by atoms with Crippen LogP contribution in [0.4, 0.5) is 0 Å². The van der Waals surface area contributed by atoms with E-state index in [1.807, 2.05) is 29.7 Å². The summed E-state index contributed by atoms with van der Waals surface area (Å²) in [6.07, 6.45) is 3.52. The Labute approximate surface area is 195 Å². The van der Waals surface area contributed by atoms with E-state index >= 15 is 0 Å². The second-order valence-corrected chi connectivity index (χ2v) is 8.95. The smallest absolute Gasteiger partial charge is 0.0992 e. The summed E-state index contributed by atoms with van der Waals surface area (Å²) in [4.78, 5) is 8.96. The van der Waals surface area contributed by atoms with Gasteiger partial charge in [0.05, 0.1) is 23.0 Å². The van der Waals surface area contributed by atoms with Gasteiger partial charge in [-0.15, -0.1) is 11.3 Å². The minimum absolute atomic E-state index is 0.579. The van der Waals surface area contributed by atoms with Crippen LogP contribution in [0.5, 0.6) is 0 Å². The van der Waals surface area contributed by atoms with E-state index in [9.17, 15) is 0 Å². The monoisotopic (exact) mass is 439 g/mol. The summed E-state index contributed by atoms with van der Waals surface area (Å²) >= 11 is 1.82. The van der Waals surface area contributed by atoms with E-state index in [1.54, 1.807) is 18.3 Å². The number of hydrogen-bond acceptors (Lipinski definition) is 4. The Morgan fingerprint density at radius 3 is 1.97 bits per heavy atom. The fourth-order valence-electron chi connectivity index (χ4n) is 4.12. The van der Waals surface area contributed by atoms with E-state index in [0.29, 0.717) is 11.3 Å². The molecule has 6 aromatic rings. The summed E-state index contributed by atoms with van der Waals surface area (Å²) < 4.78 is 2.57. The molecular formula is C29H17N3S. The van der Waals surface area contributed by atoms with Crippen LogP contribution >= 0.6 is 11.3 Å². The standard InChI is InChI=1S/C29H17N3S/c30-17-19-12-13-31-27(14-19)26-9-6-23(18-32-26)22-8-11-29-25(16-22)24-15-21(7-10-28(24)33-29)20-4-2-1-3-5-20/h1-16,18H. The third kappa shape index (κ3) is 3.55. The van der Waals surface area contributed by atoms with Gasteiger partial charge in [0.1, 0.15) is 0 Å². The van der Waals surface area contributed by atoms with Gasteiger partial charge in [-0.1, -0.05) is 48.5 Å². The first-order chi connectivity index (χ1) is 16.3. The van der Waals surface area contributed by atoms with E-state index in [4.69, 9.17) is 5.26 Å².